The molecule has 4 nitrogen and oxygen atoms in total. The molecule has 0 aliphatic carbocycles. The molecule has 25 heavy (non-hydrogen) atoms. The Kier molecular flexibility index (Phi) is 5.71. The Hall–Kier alpha value is -1.92. The van der Waals surface area contributed by atoms with Crippen LogP contribution in [0.3, 0.4) is 0 Å². The number of benzene rings is 1. The third-order valence-corrected chi connectivity index (χ3v) is 5.39. The molecule has 0 amide bonds. The second-order valence-corrected chi connectivity index (χ2v) is 7.54. The standard InChI is InChI=1S/C19H19BrN2O2S/c1-3-24-19(23)11-13(2)22-17(14-6-8-15(20)9-7-14)12-16(21-22)18-5-4-10-25-18/h4-11,17H,3,12H2,1-2H3/b13-11+/t17-/m0/s1. The Morgan fingerprint density at radius 3 is 2.80 bits per heavy atom. The van der Waals surface area contributed by atoms with Crippen molar-refractivity contribution in [2.75, 3.05) is 6.61 Å². The number of thiophene rings is 1. The van der Waals surface area contributed by atoms with E-state index >= 15 is 0 Å². The molecule has 1 atom stereocenters. The van der Waals surface area contributed by atoms with Crippen LogP contribution in [0, 0.1) is 0 Å². The third kappa shape index (κ3) is 4.19. The fourth-order valence-electron chi connectivity index (χ4n) is 2.79. The van der Waals surface area contributed by atoms with Crippen LogP contribution in [0.15, 0.2) is 63.1 Å². The van der Waals surface area contributed by atoms with Gasteiger partial charge in [0, 0.05) is 22.7 Å². The predicted octanol–water partition coefficient (Wildman–Crippen LogP) is 5.13. The minimum atomic E-state index is -0.339. The lowest BCUT2D eigenvalue weighted by Crippen LogP contribution is -2.18. The minimum absolute atomic E-state index is 0.0656. The molecule has 2 aromatic rings. The van der Waals surface area contributed by atoms with Crippen molar-refractivity contribution in [2.45, 2.75) is 26.3 Å². The summed E-state index contributed by atoms with van der Waals surface area (Å²) in [5.41, 5.74) is 2.98. The van der Waals surface area contributed by atoms with Crippen LogP contribution in [-0.2, 0) is 9.53 Å². The zero-order valence-corrected chi connectivity index (χ0v) is 16.5. The fraction of sp³-hybridized carbons (Fsp3) is 0.263. The molecule has 3 rings (SSSR count). The molecule has 0 unspecified atom stereocenters. The van der Waals surface area contributed by atoms with E-state index in [2.05, 4.69) is 39.5 Å². The number of esters is 1. The maximum Gasteiger partial charge on any atom is 0.332 e. The van der Waals surface area contributed by atoms with Crippen molar-refractivity contribution in [3.05, 3.63) is 68.5 Å². The molecule has 0 fully saturated rings. The van der Waals surface area contributed by atoms with E-state index in [9.17, 15) is 4.79 Å². The molecule has 2 heterocycles. The summed E-state index contributed by atoms with van der Waals surface area (Å²) >= 11 is 5.16. The zero-order valence-electron chi connectivity index (χ0n) is 14.1. The van der Waals surface area contributed by atoms with E-state index in [1.807, 2.05) is 30.1 Å². The smallest absolute Gasteiger partial charge is 0.332 e. The van der Waals surface area contributed by atoms with Crippen molar-refractivity contribution in [1.82, 2.24) is 5.01 Å². The predicted molar refractivity (Wildman–Crippen MR) is 105 cm³/mol. The van der Waals surface area contributed by atoms with Crippen molar-refractivity contribution in [2.24, 2.45) is 5.10 Å². The van der Waals surface area contributed by atoms with Gasteiger partial charge in [-0.3, -0.25) is 5.01 Å². The number of rotatable bonds is 5. The summed E-state index contributed by atoms with van der Waals surface area (Å²) in [5.74, 6) is -0.339. The van der Waals surface area contributed by atoms with Crippen LogP contribution < -0.4 is 0 Å². The average molecular weight is 419 g/mol. The summed E-state index contributed by atoms with van der Waals surface area (Å²) < 4.78 is 6.07. The number of halogens is 1. The first-order valence-corrected chi connectivity index (χ1v) is 9.77. The number of hydrogen-bond donors (Lipinski definition) is 0. The summed E-state index contributed by atoms with van der Waals surface area (Å²) in [6.07, 6.45) is 2.31. The molecule has 1 aromatic heterocycles. The molecule has 0 radical (unpaired) electrons. The second-order valence-electron chi connectivity index (χ2n) is 5.68. The van der Waals surface area contributed by atoms with Crippen molar-refractivity contribution in [1.29, 1.82) is 0 Å². The first kappa shape index (κ1) is 17.9. The van der Waals surface area contributed by atoms with Gasteiger partial charge in [0.25, 0.3) is 0 Å². The summed E-state index contributed by atoms with van der Waals surface area (Å²) in [4.78, 5) is 13.0. The van der Waals surface area contributed by atoms with Gasteiger partial charge < -0.3 is 4.74 Å². The summed E-state index contributed by atoms with van der Waals surface area (Å²) in [7, 11) is 0. The van der Waals surface area contributed by atoms with Gasteiger partial charge in [0.05, 0.1) is 23.2 Å². The van der Waals surface area contributed by atoms with Gasteiger partial charge in [0.15, 0.2) is 0 Å². The molecule has 0 saturated carbocycles. The topological polar surface area (TPSA) is 41.9 Å². The molecule has 6 heteroatoms. The molecular weight excluding hydrogens is 400 g/mol. The maximum atomic E-state index is 11.8. The normalized spacial score (nSPS) is 17.6. The molecular formula is C19H19BrN2O2S. The van der Waals surface area contributed by atoms with Gasteiger partial charge in [-0.1, -0.05) is 34.1 Å². The van der Waals surface area contributed by atoms with E-state index in [1.54, 1.807) is 18.3 Å². The Bertz CT molecular complexity index is 797. The molecule has 1 aliphatic rings. The van der Waals surface area contributed by atoms with Gasteiger partial charge in [0.1, 0.15) is 0 Å². The summed E-state index contributed by atoms with van der Waals surface area (Å²) in [6, 6.07) is 12.4. The van der Waals surface area contributed by atoms with Crippen LogP contribution in [0.25, 0.3) is 0 Å². The quantitative estimate of drug-likeness (QED) is 0.499. The number of hydrogen-bond acceptors (Lipinski definition) is 5. The van der Waals surface area contributed by atoms with E-state index in [1.165, 1.54) is 6.08 Å². The Morgan fingerprint density at radius 2 is 2.16 bits per heavy atom. The van der Waals surface area contributed by atoms with E-state index in [-0.39, 0.29) is 12.0 Å². The number of carbonyl (C=O) groups excluding carboxylic acids is 1. The summed E-state index contributed by atoms with van der Waals surface area (Å²) in [6.45, 7) is 4.06. The molecule has 0 bridgehead atoms. The van der Waals surface area contributed by atoms with Gasteiger partial charge in [-0.15, -0.1) is 11.3 Å². The molecule has 0 N–H and O–H groups in total. The first-order chi connectivity index (χ1) is 12.1. The molecule has 0 spiro atoms. The van der Waals surface area contributed by atoms with Crippen molar-refractivity contribution in [3.63, 3.8) is 0 Å². The molecule has 1 aromatic carbocycles. The maximum absolute atomic E-state index is 11.8. The Morgan fingerprint density at radius 1 is 1.40 bits per heavy atom. The van der Waals surface area contributed by atoms with E-state index in [0.29, 0.717) is 6.61 Å². The van der Waals surface area contributed by atoms with Crippen LogP contribution in [0.5, 0.6) is 0 Å². The molecule has 130 valence electrons. The first-order valence-electron chi connectivity index (χ1n) is 8.09. The average Bonchev–Trinajstić information content (AvgIpc) is 3.25. The van der Waals surface area contributed by atoms with Gasteiger partial charge in [-0.2, -0.15) is 5.10 Å². The largest absolute Gasteiger partial charge is 0.463 e. The highest BCUT2D eigenvalue weighted by molar-refractivity contribution is 9.10. The number of allylic oxidation sites excluding steroid dienone is 1. The zero-order chi connectivity index (χ0) is 17.8. The number of hydrazone groups is 1. The SMILES string of the molecule is CCOC(=O)/C=C(\C)N1N=C(c2cccs2)C[C@H]1c1ccc(Br)cc1. The Labute approximate surface area is 159 Å². The van der Waals surface area contributed by atoms with Crippen LogP contribution in [0.1, 0.15) is 36.8 Å². The van der Waals surface area contributed by atoms with Gasteiger partial charge in [-0.05, 0) is 43.0 Å². The number of nitrogens with zero attached hydrogens (tertiary/aromatic N) is 2. The monoisotopic (exact) mass is 418 g/mol. The Balaban J connectivity index is 1.93. The highest BCUT2D eigenvalue weighted by atomic mass is 79.9. The van der Waals surface area contributed by atoms with Crippen molar-refractivity contribution >= 4 is 38.9 Å². The van der Waals surface area contributed by atoms with Crippen LogP contribution in [0.4, 0.5) is 0 Å². The highest BCUT2D eigenvalue weighted by Gasteiger charge is 2.30. The van der Waals surface area contributed by atoms with Crippen molar-refractivity contribution in [3.8, 4) is 0 Å². The van der Waals surface area contributed by atoms with Crippen molar-refractivity contribution < 1.29 is 9.53 Å². The van der Waals surface area contributed by atoms with Gasteiger partial charge in [0.2, 0.25) is 0 Å². The van der Waals surface area contributed by atoms with Crippen LogP contribution in [0.2, 0.25) is 0 Å². The van der Waals surface area contributed by atoms with E-state index in [0.717, 1.165) is 32.7 Å². The van der Waals surface area contributed by atoms with Gasteiger partial charge >= 0.3 is 5.97 Å². The lowest BCUT2D eigenvalue weighted by Gasteiger charge is -2.24. The van der Waals surface area contributed by atoms with Gasteiger partial charge in [-0.25, -0.2) is 4.79 Å². The minimum Gasteiger partial charge on any atom is -0.463 e. The van der Waals surface area contributed by atoms with E-state index in [4.69, 9.17) is 9.84 Å². The summed E-state index contributed by atoms with van der Waals surface area (Å²) in [5, 5.41) is 8.77. The van der Waals surface area contributed by atoms with Crippen LogP contribution in [-0.4, -0.2) is 23.3 Å². The molecule has 0 saturated heterocycles. The third-order valence-electron chi connectivity index (χ3n) is 3.95. The number of carbonyl (C=O) groups is 1. The lowest BCUT2D eigenvalue weighted by atomic mass is 10.0. The lowest BCUT2D eigenvalue weighted by molar-refractivity contribution is -0.137. The fourth-order valence-corrected chi connectivity index (χ4v) is 3.78. The van der Waals surface area contributed by atoms with Crippen LogP contribution >= 0.6 is 27.3 Å². The highest BCUT2D eigenvalue weighted by Crippen LogP contribution is 2.36. The van der Waals surface area contributed by atoms with E-state index < -0.39 is 0 Å². The second kappa shape index (κ2) is 7.97. The number of ether oxygens (including phenoxy) is 1. The molecule has 1 aliphatic heterocycles.